The van der Waals surface area contributed by atoms with Gasteiger partial charge >= 0.3 is 11.7 Å². The number of alkyl halides is 6. The fraction of sp³-hybridized carbons (Fsp3) is 0.286. The summed E-state index contributed by atoms with van der Waals surface area (Å²) in [6, 6.07) is 0.415. The minimum atomic E-state index is -5.21. The first-order chi connectivity index (χ1) is 13.3. The number of hydrogen-bond acceptors (Lipinski definition) is 5. The minimum absolute atomic E-state index is 0.0384. The number of amidine groups is 1. The highest BCUT2D eigenvalue weighted by atomic mass is 35.5. The lowest BCUT2D eigenvalue weighted by atomic mass is 10.1. The Balaban J connectivity index is 2.30. The maximum atomic E-state index is 13.2. The monoisotopic (exact) mass is 479 g/mol. The van der Waals surface area contributed by atoms with E-state index in [1.54, 1.807) is 0 Å². The number of nitrogens with one attached hydrogen (secondary N) is 2. The van der Waals surface area contributed by atoms with Crippen molar-refractivity contribution in [2.24, 2.45) is 4.99 Å². The maximum absolute atomic E-state index is 13.2. The Kier molecular flexibility index (Phi) is 5.51. The molecule has 0 radical (unpaired) electrons. The lowest BCUT2D eigenvalue weighted by Gasteiger charge is -2.16. The smallest absolute Gasteiger partial charge is 0.397 e. The van der Waals surface area contributed by atoms with Gasteiger partial charge in [0.05, 0.1) is 27.8 Å². The minimum Gasteiger partial charge on any atom is -0.397 e. The van der Waals surface area contributed by atoms with Crippen LogP contribution in [0.4, 0.5) is 32.0 Å². The predicted octanol–water partition coefficient (Wildman–Crippen LogP) is 3.96. The first-order valence-electron chi connectivity index (χ1n) is 7.54. The van der Waals surface area contributed by atoms with E-state index in [2.05, 4.69) is 20.5 Å². The zero-order valence-corrected chi connectivity index (χ0v) is 16.1. The number of H-pyrrole nitrogens is 1. The second-order valence-electron chi connectivity index (χ2n) is 5.65. The molecule has 1 unspecified atom stereocenters. The molecule has 0 aliphatic carbocycles. The van der Waals surface area contributed by atoms with E-state index in [0.717, 1.165) is 0 Å². The maximum Gasteiger partial charge on any atom is 0.476 e. The largest absolute Gasteiger partial charge is 0.476 e. The van der Waals surface area contributed by atoms with E-state index in [1.165, 1.54) is 0 Å². The molecule has 1 aliphatic rings. The van der Waals surface area contributed by atoms with Crippen LogP contribution in [0.5, 0.6) is 0 Å². The van der Waals surface area contributed by atoms with Crippen molar-refractivity contribution in [3.05, 3.63) is 27.4 Å². The van der Waals surface area contributed by atoms with Gasteiger partial charge in [-0.05, 0) is 6.07 Å². The molecule has 1 aliphatic heterocycles. The highest BCUT2D eigenvalue weighted by molar-refractivity contribution is 7.86. The van der Waals surface area contributed by atoms with Gasteiger partial charge in [0.2, 0.25) is 0 Å². The molecule has 2 aromatic rings. The van der Waals surface area contributed by atoms with Crippen LogP contribution >= 0.6 is 23.2 Å². The predicted molar refractivity (Wildman–Crippen MR) is 95.3 cm³/mol. The Morgan fingerprint density at radius 1 is 1.17 bits per heavy atom. The molecule has 3 rings (SSSR count). The van der Waals surface area contributed by atoms with Crippen LogP contribution in [-0.4, -0.2) is 38.8 Å². The van der Waals surface area contributed by atoms with Crippen LogP contribution in [0.1, 0.15) is 11.3 Å². The number of nitrogen functional groups attached to an aromatic ring is 1. The summed E-state index contributed by atoms with van der Waals surface area (Å²) in [6.07, 6.45) is -4.91. The van der Waals surface area contributed by atoms with E-state index >= 15 is 0 Å². The standard InChI is InChI=1S/C14H9Cl2F6N5OS/c15-5-3-4(13(17,18)19)8(23)7(16)6(5)9-11(29(28)14(20,21)22)10(27-26-9)12-24-1-2-25-12/h3H,1-2,23H2,(H,24,25)(H,26,27). The molecule has 0 amide bonds. The van der Waals surface area contributed by atoms with Gasteiger partial charge in [-0.15, -0.1) is 0 Å². The Bertz CT molecular complexity index is 1030. The van der Waals surface area contributed by atoms with Crippen LogP contribution < -0.4 is 11.1 Å². The molecule has 0 fully saturated rings. The third-order valence-corrected chi connectivity index (χ3v) is 5.71. The van der Waals surface area contributed by atoms with Gasteiger partial charge in [-0.25, -0.2) is 4.21 Å². The topological polar surface area (TPSA) is 96.2 Å². The molecular formula is C14H9Cl2F6N5OS. The summed E-state index contributed by atoms with van der Waals surface area (Å²) in [5.41, 5.74) is -3.61. The van der Waals surface area contributed by atoms with Crippen molar-refractivity contribution in [1.29, 1.82) is 0 Å². The second kappa shape index (κ2) is 7.36. The number of aromatic amines is 1. The third-order valence-electron chi connectivity index (χ3n) is 3.83. The molecule has 1 aromatic carbocycles. The number of aliphatic imine (C=N–C) groups is 1. The zero-order chi connectivity index (χ0) is 21.7. The van der Waals surface area contributed by atoms with Gasteiger partial charge in [-0.2, -0.15) is 31.4 Å². The van der Waals surface area contributed by atoms with Gasteiger partial charge in [0.1, 0.15) is 22.1 Å². The van der Waals surface area contributed by atoms with Crippen LogP contribution in [0.3, 0.4) is 0 Å². The summed E-state index contributed by atoms with van der Waals surface area (Å²) in [7, 11) is -3.63. The summed E-state index contributed by atoms with van der Waals surface area (Å²) in [4.78, 5) is 3.06. The van der Waals surface area contributed by atoms with Crippen molar-refractivity contribution < 1.29 is 30.6 Å². The van der Waals surface area contributed by atoms with E-state index in [9.17, 15) is 30.6 Å². The van der Waals surface area contributed by atoms with Crippen molar-refractivity contribution in [2.45, 2.75) is 16.6 Å². The van der Waals surface area contributed by atoms with E-state index < -0.39 is 59.9 Å². The van der Waals surface area contributed by atoms with Crippen molar-refractivity contribution in [3.8, 4) is 11.3 Å². The first kappa shape index (κ1) is 21.7. The van der Waals surface area contributed by atoms with Gasteiger partial charge in [-0.3, -0.25) is 10.1 Å². The number of aromatic nitrogens is 2. The molecule has 0 spiro atoms. The van der Waals surface area contributed by atoms with E-state index in [1.807, 2.05) is 0 Å². The normalized spacial score (nSPS) is 15.9. The SMILES string of the molecule is Nc1c(C(F)(F)F)cc(Cl)c(-c2n[nH]c(C3=NCCN3)c2S(=O)C(F)(F)F)c1Cl. The van der Waals surface area contributed by atoms with Crippen LogP contribution in [0.2, 0.25) is 10.0 Å². The average Bonchev–Trinajstić information content (AvgIpc) is 3.25. The van der Waals surface area contributed by atoms with Crippen molar-refractivity contribution in [2.75, 3.05) is 18.8 Å². The Labute approximate surface area is 170 Å². The van der Waals surface area contributed by atoms with E-state index in [0.29, 0.717) is 12.6 Å². The second-order valence-corrected chi connectivity index (χ2v) is 7.85. The molecule has 29 heavy (non-hydrogen) atoms. The summed E-state index contributed by atoms with van der Waals surface area (Å²) < 4.78 is 91.1. The lowest BCUT2D eigenvalue weighted by Crippen LogP contribution is -2.24. The van der Waals surface area contributed by atoms with Gasteiger partial charge in [0.25, 0.3) is 0 Å². The van der Waals surface area contributed by atoms with Gasteiger partial charge in [0.15, 0.2) is 10.8 Å². The van der Waals surface area contributed by atoms with Crippen molar-refractivity contribution in [1.82, 2.24) is 15.5 Å². The molecule has 0 saturated heterocycles. The summed E-state index contributed by atoms with van der Waals surface area (Å²) >= 11 is 11.8. The Hall–Kier alpha value is -1.99. The highest BCUT2D eigenvalue weighted by Gasteiger charge is 2.44. The van der Waals surface area contributed by atoms with Crippen LogP contribution in [-0.2, 0) is 17.0 Å². The van der Waals surface area contributed by atoms with Gasteiger partial charge < -0.3 is 11.1 Å². The number of nitrogens with zero attached hydrogens (tertiary/aromatic N) is 2. The quantitative estimate of drug-likeness (QED) is 0.458. The number of benzene rings is 1. The van der Waals surface area contributed by atoms with Crippen LogP contribution in [0, 0.1) is 0 Å². The summed E-state index contributed by atoms with van der Waals surface area (Å²) in [6.45, 7) is 0.563. The van der Waals surface area contributed by atoms with Crippen molar-refractivity contribution >= 4 is 45.5 Å². The summed E-state index contributed by atoms with van der Waals surface area (Å²) in [5, 5.41) is 7.19. The number of hydrogen-bond donors (Lipinski definition) is 3. The third kappa shape index (κ3) is 3.90. The average molecular weight is 480 g/mol. The molecule has 4 N–H and O–H groups in total. The van der Waals surface area contributed by atoms with Crippen LogP contribution in [0.25, 0.3) is 11.3 Å². The molecule has 15 heteroatoms. The Morgan fingerprint density at radius 2 is 1.83 bits per heavy atom. The fourth-order valence-corrected chi connectivity index (χ4v) is 4.13. The lowest BCUT2D eigenvalue weighted by molar-refractivity contribution is -0.136. The van der Waals surface area contributed by atoms with Gasteiger partial charge in [-0.1, -0.05) is 23.2 Å². The molecule has 0 saturated carbocycles. The molecule has 6 nitrogen and oxygen atoms in total. The molecule has 0 bridgehead atoms. The molecule has 158 valence electrons. The van der Waals surface area contributed by atoms with E-state index in [4.69, 9.17) is 28.9 Å². The molecular weight excluding hydrogens is 471 g/mol. The molecule has 2 heterocycles. The zero-order valence-electron chi connectivity index (χ0n) is 13.8. The van der Waals surface area contributed by atoms with Crippen LogP contribution in [0.15, 0.2) is 16.0 Å². The van der Waals surface area contributed by atoms with Gasteiger partial charge in [0, 0.05) is 12.1 Å². The van der Waals surface area contributed by atoms with E-state index in [-0.39, 0.29) is 18.1 Å². The highest BCUT2D eigenvalue weighted by Crippen LogP contribution is 2.47. The van der Waals surface area contributed by atoms with Crippen molar-refractivity contribution in [3.63, 3.8) is 0 Å². The molecule has 1 atom stereocenters. The number of halogens is 8. The number of anilines is 1. The Morgan fingerprint density at radius 3 is 2.34 bits per heavy atom. The number of rotatable bonds is 3. The summed E-state index contributed by atoms with van der Waals surface area (Å²) in [5.74, 6) is -0.0384. The number of nitrogens with two attached hydrogens (primary N) is 1. The fourth-order valence-electron chi connectivity index (χ4n) is 2.61. The molecule has 1 aromatic heterocycles. The first-order valence-corrected chi connectivity index (χ1v) is 9.45.